The van der Waals surface area contributed by atoms with E-state index in [0.29, 0.717) is 27.0 Å². The number of hydrogen-bond donors (Lipinski definition) is 1. The topological polar surface area (TPSA) is 56.4 Å². The van der Waals surface area contributed by atoms with Crippen molar-refractivity contribution in [1.82, 2.24) is 4.98 Å². The first-order valence-corrected chi connectivity index (χ1v) is 11.4. The van der Waals surface area contributed by atoms with Crippen molar-refractivity contribution in [3.8, 4) is 0 Å². The molecule has 0 unspecified atom stereocenters. The van der Waals surface area contributed by atoms with E-state index in [0.717, 1.165) is 16.9 Å². The standard InChI is InChI=1S/C27H23Cl2N3O2/c1-18-15-22(30-25(18)26(33)19-11-13-20(28)14-12-19)17-32(24-10-6-7-21(29)16-24)27(34)31(2)23-8-4-3-5-9-23/h3-16,30H,17H2,1-2H3. The Morgan fingerprint density at radius 2 is 1.50 bits per heavy atom. The summed E-state index contributed by atoms with van der Waals surface area (Å²) in [6, 6.07) is 25.0. The van der Waals surface area contributed by atoms with Crippen molar-refractivity contribution in [2.24, 2.45) is 0 Å². The van der Waals surface area contributed by atoms with Crippen molar-refractivity contribution in [2.45, 2.75) is 13.5 Å². The number of nitrogens with zero attached hydrogens (tertiary/aromatic N) is 2. The quantitative estimate of drug-likeness (QED) is 0.291. The molecule has 0 saturated heterocycles. The number of halogens is 2. The van der Waals surface area contributed by atoms with E-state index in [9.17, 15) is 9.59 Å². The van der Waals surface area contributed by atoms with Gasteiger partial charge in [0.05, 0.1) is 12.2 Å². The number of ketones is 1. The highest BCUT2D eigenvalue weighted by atomic mass is 35.5. The highest BCUT2D eigenvalue weighted by Crippen LogP contribution is 2.25. The van der Waals surface area contributed by atoms with Gasteiger partial charge in [-0.1, -0.05) is 47.5 Å². The van der Waals surface area contributed by atoms with Crippen molar-refractivity contribution in [2.75, 3.05) is 16.8 Å². The number of anilines is 2. The number of carbonyl (C=O) groups excluding carboxylic acids is 2. The van der Waals surface area contributed by atoms with Gasteiger partial charge in [-0.15, -0.1) is 0 Å². The summed E-state index contributed by atoms with van der Waals surface area (Å²) >= 11 is 12.2. The fourth-order valence-corrected chi connectivity index (χ4v) is 4.03. The van der Waals surface area contributed by atoms with Gasteiger partial charge in [-0.3, -0.25) is 14.6 Å². The number of aromatic amines is 1. The molecule has 1 aromatic heterocycles. The van der Waals surface area contributed by atoms with Gasteiger partial charge < -0.3 is 4.98 Å². The molecule has 3 aromatic carbocycles. The maximum atomic E-state index is 13.6. The number of nitrogens with one attached hydrogen (secondary N) is 1. The predicted molar refractivity (Wildman–Crippen MR) is 138 cm³/mol. The minimum absolute atomic E-state index is 0.137. The molecule has 0 aliphatic rings. The molecule has 0 radical (unpaired) electrons. The third-order valence-corrected chi connectivity index (χ3v) is 6.00. The van der Waals surface area contributed by atoms with Crippen molar-refractivity contribution in [3.63, 3.8) is 0 Å². The van der Waals surface area contributed by atoms with Crippen LogP contribution in [-0.4, -0.2) is 23.8 Å². The second-order valence-corrected chi connectivity index (χ2v) is 8.80. The minimum Gasteiger partial charge on any atom is -0.354 e. The normalized spacial score (nSPS) is 10.7. The van der Waals surface area contributed by atoms with Crippen molar-refractivity contribution < 1.29 is 9.59 Å². The Hall–Kier alpha value is -3.54. The SMILES string of the molecule is Cc1cc(CN(C(=O)N(C)c2ccccc2)c2cccc(Cl)c2)[nH]c1C(=O)c1ccc(Cl)cc1. The van der Waals surface area contributed by atoms with E-state index in [1.807, 2.05) is 49.4 Å². The summed E-state index contributed by atoms with van der Waals surface area (Å²) in [6.07, 6.45) is 0. The molecule has 2 amide bonds. The van der Waals surface area contributed by atoms with Gasteiger partial charge in [0.25, 0.3) is 0 Å². The molecule has 4 aromatic rings. The van der Waals surface area contributed by atoms with Gasteiger partial charge in [-0.05, 0) is 73.2 Å². The first-order chi connectivity index (χ1) is 16.3. The Balaban J connectivity index is 1.66. The number of hydrogen-bond acceptors (Lipinski definition) is 2. The number of amides is 2. The van der Waals surface area contributed by atoms with Gasteiger partial charge >= 0.3 is 6.03 Å². The molecule has 0 saturated carbocycles. The highest BCUT2D eigenvalue weighted by Gasteiger charge is 2.23. The molecule has 0 fully saturated rings. The van der Waals surface area contributed by atoms with Crippen LogP contribution in [0.25, 0.3) is 0 Å². The Morgan fingerprint density at radius 1 is 0.824 bits per heavy atom. The van der Waals surface area contributed by atoms with Crippen LogP contribution < -0.4 is 9.80 Å². The predicted octanol–water partition coefficient (Wildman–Crippen LogP) is 7.12. The molecule has 1 heterocycles. The van der Waals surface area contributed by atoms with Gasteiger partial charge in [0.1, 0.15) is 0 Å². The summed E-state index contributed by atoms with van der Waals surface area (Å²) in [5.41, 5.74) is 3.95. The number of rotatable bonds is 6. The van der Waals surface area contributed by atoms with Crippen LogP contribution in [0.5, 0.6) is 0 Å². The largest absolute Gasteiger partial charge is 0.354 e. The number of H-pyrrole nitrogens is 1. The first-order valence-electron chi connectivity index (χ1n) is 10.7. The molecule has 0 aliphatic heterocycles. The van der Waals surface area contributed by atoms with Crippen molar-refractivity contribution in [3.05, 3.63) is 117 Å². The van der Waals surface area contributed by atoms with Crippen LogP contribution in [-0.2, 0) is 6.54 Å². The van der Waals surface area contributed by atoms with Gasteiger partial charge in [-0.2, -0.15) is 0 Å². The summed E-state index contributed by atoms with van der Waals surface area (Å²) in [5, 5.41) is 1.09. The number of aromatic nitrogens is 1. The summed E-state index contributed by atoms with van der Waals surface area (Å²) in [7, 11) is 1.73. The van der Waals surface area contributed by atoms with Crippen LogP contribution in [0.4, 0.5) is 16.2 Å². The van der Waals surface area contributed by atoms with Gasteiger partial charge in [0, 0.05) is 39.7 Å². The van der Waals surface area contributed by atoms with Gasteiger partial charge in [0.2, 0.25) is 5.78 Å². The van der Waals surface area contributed by atoms with Crippen LogP contribution in [0.2, 0.25) is 10.0 Å². The molecule has 0 bridgehead atoms. The van der Waals surface area contributed by atoms with E-state index in [-0.39, 0.29) is 18.4 Å². The van der Waals surface area contributed by atoms with Crippen LogP contribution in [0, 0.1) is 6.92 Å². The summed E-state index contributed by atoms with van der Waals surface area (Å²) in [4.78, 5) is 33.0. The summed E-state index contributed by atoms with van der Waals surface area (Å²) in [6.45, 7) is 2.09. The van der Waals surface area contributed by atoms with E-state index < -0.39 is 0 Å². The average molecular weight is 492 g/mol. The fraction of sp³-hybridized carbons (Fsp3) is 0.111. The number of aryl methyl sites for hydroxylation is 1. The lowest BCUT2D eigenvalue weighted by Gasteiger charge is -2.28. The van der Waals surface area contributed by atoms with E-state index >= 15 is 0 Å². The maximum Gasteiger partial charge on any atom is 0.329 e. The molecule has 0 aliphatic carbocycles. The van der Waals surface area contributed by atoms with E-state index in [2.05, 4.69) is 4.98 Å². The molecule has 1 N–H and O–H groups in total. The second kappa shape index (κ2) is 10.2. The zero-order valence-electron chi connectivity index (χ0n) is 18.8. The van der Waals surface area contributed by atoms with E-state index in [4.69, 9.17) is 23.2 Å². The van der Waals surface area contributed by atoms with Crippen LogP contribution >= 0.6 is 23.2 Å². The zero-order chi connectivity index (χ0) is 24.2. The third-order valence-electron chi connectivity index (χ3n) is 5.51. The average Bonchev–Trinajstić information content (AvgIpc) is 3.22. The summed E-state index contributed by atoms with van der Waals surface area (Å²) < 4.78 is 0. The van der Waals surface area contributed by atoms with Gasteiger partial charge in [-0.25, -0.2) is 4.79 Å². The molecule has 0 spiro atoms. The number of urea groups is 1. The lowest BCUT2D eigenvalue weighted by molar-refractivity contribution is 0.103. The van der Waals surface area contributed by atoms with E-state index in [1.165, 1.54) is 0 Å². The molecule has 5 nitrogen and oxygen atoms in total. The molecule has 0 atom stereocenters. The lowest BCUT2D eigenvalue weighted by Crippen LogP contribution is -2.41. The Bertz CT molecular complexity index is 1320. The van der Waals surface area contributed by atoms with Crippen molar-refractivity contribution in [1.29, 1.82) is 0 Å². The molecular formula is C27H23Cl2N3O2. The Labute approximate surface area is 208 Å². The molecule has 4 rings (SSSR count). The molecular weight excluding hydrogens is 469 g/mol. The number of para-hydroxylation sites is 1. The van der Waals surface area contributed by atoms with Crippen LogP contribution in [0.3, 0.4) is 0 Å². The molecule has 172 valence electrons. The van der Waals surface area contributed by atoms with Crippen molar-refractivity contribution >= 4 is 46.4 Å². The Kier molecular flexibility index (Phi) is 7.06. The van der Waals surface area contributed by atoms with E-state index in [1.54, 1.807) is 59.3 Å². The first kappa shape index (κ1) is 23.6. The minimum atomic E-state index is -0.230. The lowest BCUT2D eigenvalue weighted by atomic mass is 10.1. The maximum absolute atomic E-state index is 13.6. The fourth-order valence-electron chi connectivity index (χ4n) is 3.72. The molecule has 34 heavy (non-hydrogen) atoms. The summed E-state index contributed by atoms with van der Waals surface area (Å²) in [5.74, 6) is -0.137. The number of benzene rings is 3. The second-order valence-electron chi connectivity index (χ2n) is 7.93. The van der Waals surface area contributed by atoms with Crippen LogP contribution in [0.15, 0.2) is 84.9 Å². The number of carbonyl (C=O) groups is 2. The zero-order valence-corrected chi connectivity index (χ0v) is 20.3. The Morgan fingerprint density at radius 3 is 2.18 bits per heavy atom. The molecule has 7 heteroatoms. The van der Waals surface area contributed by atoms with Crippen LogP contribution in [0.1, 0.15) is 27.3 Å². The highest BCUT2D eigenvalue weighted by molar-refractivity contribution is 6.31. The smallest absolute Gasteiger partial charge is 0.329 e. The van der Waals surface area contributed by atoms with Gasteiger partial charge in [0.15, 0.2) is 0 Å². The monoisotopic (exact) mass is 491 g/mol. The third kappa shape index (κ3) is 5.16.